The van der Waals surface area contributed by atoms with E-state index in [0.29, 0.717) is 0 Å². The average molecular weight is 752 g/mol. The molecule has 0 amide bonds. The van der Waals surface area contributed by atoms with Gasteiger partial charge in [0.2, 0.25) is 0 Å². The van der Waals surface area contributed by atoms with Crippen molar-refractivity contribution >= 4 is 3.81 Å². The van der Waals surface area contributed by atoms with Crippen molar-refractivity contribution in [2.24, 2.45) is 0 Å². The molecule has 260 valence electrons. The predicted molar refractivity (Wildman–Crippen MR) is 208 cm³/mol. The van der Waals surface area contributed by atoms with Crippen molar-refractivity contribution in [3.8, 4) is 11.1 Å². The van der Waals surface area contributed by atoms with Gasteiger partial charge in [0.15, 0.2) is 0 Å². The summed E-state index contributed by atoms with van der Waals surface area (Å²) in [6.45, 7) is 9.26. The molecule has 2 aliphatic carbocycles. The topological polar surface area (TPSA) is 0 Å². The average Bonchev–Trinajstić information content (AvgIpc) is 3.88. The molecule has 0 saturated heterocycles. The number of fused-ring (bicyclic) bond motifs is 3. The maximum absolute atomic E-state index is 3.63. The van der Waals surface area contributed by atoms with E-state index in [-0.39, 0.29) is 35.6 Å². The first kappa shape index (κ1) is 40.7. The van der Waals surface area contributed by atoms with Crippen molar-refractivity contribution in [1.29, 1.82) is 0 Å². The van der Waals surface area contributed by atoms with Crippen molar-refractivity contribution in [2.75, 3.05) is 0 Å². The molecule has 6 aromatic carbocycles. The molecule has 2 aliphatic rings. The third-order valence-electron chi connectivity index (χ3n) is 9.94. The second-order valence-electron chi connectivity index (χ2n) is 13.9. The van der Waals surface area contributed by atoms with Crippen LogP contribution in [0, 0.1) is 12.1 Å². The second kappa shape index (κ2) is 18.6. The normalized spacial score (nSPS) is 12.1. The first-order chi connectivity index (χ1) is 24.2. The summed E-state index contributed by atoms with van der Waals surface area (Å²) in [5.74, 6) is 0. The summed E-state index contributed by atoms with van der Waals surface area (Å²) in [6.07, 6.45) is 11.0. The van der Waals surface area contributed by atoms with Crippen LogP contribution >= 0.6 is 0 Å². The van der Waals surface area contributed by atoms with E-state index in [9.17, 15) is 0 Å². The second-order valence-corrected chi connectivity index (χ2v) is 14.7. The maximum atomic E-state index is 3.63. The Morgan fingerprint density at radius 1 is 0.558 bits per heavy atom. The van der Waals surface area contributed by atoms with Gasteiger partial charge in [-0.15, -0.1) is 17.5 Å². The summed E-state index contributed by atoms with van der Waals surface area (Å²) < 4.78 is 1.33. The zero-order chi connectivity index (χ0) is 35.0. The number of hydrogen-bond donors (Lipinski definition) is 0. The number of allylic oxidation sites excluding steroid dienone is 4. The molecular formula is C49H44Cl2Ti-2. The van der Waals surface area contributed by atoms with E-state index < -0.39 is 0 Å². The Balaban J connectivity index is 0.000000238. The fraction of sp³-hybridized carbons (Fsp3) is 0.163. The van der Waals surface area contributed by atoms with E-state index in [1.165, 1.54) is 59.4 Å². The van der Waals surface area contributed by atoms with Gasteiger partial charge in [0.05, 0.1) is 0 Å². The summed E-state index contributed by atoms with van der Waals surface area (Å²) in [5, 5.41) is 0. The summed E-state index contributed by atoms with van der Waals surface area (Å²) in [7, 11) is 0. The van der Waals surface area contributed by atoms with Crippen LogP contribution in [-0.2, 0) is 37.2 Å². The molecule has 0 aromatic heterocycles. The van der Waals surface area contributed by atoms with Gasteiger partial charge in [0.25, 0.3) is 0 Å². The van der Waals surface area contributed by atoms with Crippen molar-refractivity contribution in [3.63, 3.8) is 0 Å². The van der Waals surface area contributed by atoms with Gasteiger partial charge in [-0.3, -0.25) is 6.08 Å². The third kappa shape index (κ3) is 9.49. The van der Waals surface area contributed by atoms with Crippen LogP contribution in [0.15, 0.2) is 170 Å². The van der Waals surface area contributed by atoms with Crippen LogP contribution in [-0.4, -0.2) is 3.81 Å². The van der Waals surface area contributed by atoms with Gasteiger partial charge in [-0.25, -0.2) is 12.2 Å². The van der Waals surface area contributed by atoms with Crippen LogP contribution in [0.3, 0.4) is 0 Å². The molecule has 3 heteroatoms. The fourth-order valence-corrected chi connectivity index (χ4v) is 7.11. The van der Waals surface area contributed by atoms with Gasteiger partial charge < -0.3 is 24.8 Å². The summed E-state index contributed by atoms with van der Waals surface area (Å²) in [4.78, 5) is 0. The van der Waals surface area contributed by atoms with Crippen molar-refractivity contribution in [1.82, 2.24) is 0 Å². The molecule has 0 radical (unpaired) electrons. The first-order valence-electron chi connectivity index (χ1n) is 17.5. The number of hydrogen-bond acceptors (Lipinski definition) is 0. The molecule has 0 saturated carbocycles. The minimum absolute atomic E-state index is 0. The van der Waals surface area contributed by atoms with E-state index in [0.717, 1.165) is 12.8 Å². The van der Waals surface area contributed by atoms with Gasteiger partial charge in [0.1, 0.15) is 0 Å². The Labute approximate surface area is 335 Å². The van der Waals surface area contributed by atoms with E-state index in [1.54, 1.807) is 0 Å². The molecule has 0 heterocycles. The third-order valence-corrected chi connectivity index (χ3v) is 10.8. The molecule has 8 rings (SSSR count). The Kier molecular flexibility index (Phi) is 14.6. The fourth-order valence-electron chi connectivity index (χ4n) is 6.59. The van der Waals surface area contributed by atoms with Crippen LogP contribution in [0.1, 0.15) is 78.6 Å². The quantitative estimate of drug-likeness (QED) is 0.149. The van der Waals surface area contributed by atoms with Crippen molar-refractivity contribution in [2.45, 2.75) is 51.4 Å². The molecule has 0 unspecified atom stereocenters. The van der Waals surface area contributed by atoms with Crippen molar-refractivity contribution in [3.05, 3.63) is 227 Å². The molecule has 0 bridgehead atoms. The Morgan fingerprint density at radius 3 is 1.50 bits per heavy atom. The predicted octanol–water partition coefficient (Wildman–Crippen LogP) is 5.83. The van der Waals surface area contributed by atoms with E-state index in [2.05, 4.69) is 205 Å². The van der Waals surface area contributed by atoms with Crippen LogP contribution in [0.2, 0.25) is 0 Å². The summed E-state index contributed by atoms with van der Waals surface area (Å²) in [6, 6.07) is 57.8. The molecule has 52 heavy (non-hydrogen) atoms. The molecule has 0 aliphatic heterocycles. The van der Waals surface area contributed by atoms with E-state index in [4.69, 9.17) is 0 Å². The molecule has 6 aromatic rings. The Morgan fingerprint density at radius 2 is 1.04 bits per heavy atom. The van der Waals surface area contributed by atoms with Gasteiger partial charge in [-0.1, -0.05) is 118 Å². The summed E-state index contributed by atoms with van der Waals surface area (Å²) in [5.41, 5.74) is 13.3. The first-order valence-corrected chi connectivity index (χ1v) is 18.2. The van der Waals surface area contributed by atoms with Crippen LogP contribution in [0.25, 0.3) is 11.1 Å². The van der Waals surface area contributed by atoms with Gasteiger partial charge in [0, 0.05) is 5.41 Å². The molecule has 0 atom stereocenters. The Hall–Kier alpha value is -4.04. The zero-order valence-electron chi connectivity index (χ0n) is 30.3. The van der Waals surface area contributed by atoms with E-state index >= 15 is 0 Å². The number of halogens is 2. The van der Waals surface area contributed by atoms with Crippen LogP contribution < -0.4 is 24.8 Å². The molecular weight excluding hydrogens is 707 g/mol. The van der Waals surface area contributed by atoms with Crippen molar-refractivity contribution < 1.29 is 44.8 Å². The van der Waals surface area contributed by atoms with Gasteiger partial charge >= 0.3 is 95.6 Å². The van der Waals surface area contributed by atoms with Crippen LogP contribution in [0.4, 0.5) is 0 Å². The molecule has 0 nitrogen and oxygen atoms in total. The monoisotopic (exact) mass is 750 g/mol. The Bertz CT molecular complexity index is 1950. The molecule has 0 fully saturated rings. The van der Waals surface area contributed by atoms with E-state index in [1.807, 2.05) is 24.3 Å². The van der Waals surface area contributed by atoms with Gasteiger partial charge in [-0.05, 0) is 28.5 Å². The SMILES string of the molecule is CC(C)(c1ccccc1)c1c[c-]c2c(c1)-c1cc(C(C)(C)c3ccccc3)ccc1C2.[C-]1=CC=CC1.[Cl-].[Cl-].[Ti+2]=[C](c1ccccc1)c1ccccc1. The summed E-state index contributed by atoms with van der Waals surface area (Å²) >= 11 is 2.16. The molecule has 0 N–H and O–H groups in total. The number of benzene rings is 6. The van der Waals surface area contributed by atoms with Gasteiger partial charge in [-0.2, -0.15) is 29.8 Å². The zero-order valence-corrected chi connectivity index (χ0v) is 33.4. The number of rotatable bonds is 6. The minimum atomic E-state index is -0.0591. The molecule has 0 spiro atoms. The van der Waals surface area contributed by atoms with Crippen LogP contribution in [0.5, 0.6) is 0 Å². The standard InChI is InChI=1S/C31H29.C13H10.C5H5.2ClH.Ti/c1-30(2,24-11-7-5-8-12-24)26-17-15-22-19-23-16-18-27(21-29(23)28(22)20-26)31(3,4)25-13-9-6-10-14-25;1-3-7-12(8-4-1)11-13-9-5-2-6-10-13;1-2-4-5-3-1;;;/h5-15,17-18,20-21H,19H2,1-4H3;1-10H;1-3H,4H2;2*1H;/q-1;;-1;;;+2/p-2.